The molecule has 0 radical (unpaired) electrons. The van der Waals surface area contributed by atoms with Crippen molar-refractivity contribution in [3.63, 3.8) is 0 Å². The van der Waals surface area contributed by atoms with Crippen molar-refractivity contribution < 1.29 is 23.6 Å². The molecule has 2 rings (SSSR count). The van der Waals surface area contributed by atoms with E-state index in [0.717, 1.165) is 5.06 Å². The molecule has 0 aliphatic carbocycles. The number of hydrogen-bond acceptors (Lipinski definition) is 7. The van der Waals surface area contributed by atoms with Crippen LogP contribution in [0.2, 0.25) is 0 Å². The standard InChI is InChI=1S/C20H21FN4O4/c1-14(19(24-28-3)15-9-11-17(21)12-10-15)23-22-13-16-7-5-6-8-18(16)25(29-4)20(26)27-2/h5-13H,1-4H3/b22-13+,23-14+,24-19-. The van der Waals surface area contributed by atoms with Crippen LogP contribution in [-0.2, 0) is 14.4 Å². The zero-order valence-corrected chi connectivity index (χ0v) is 16.5. The van der Waals surface area contributed by atoms with E-state index in [1.54, 1.807) is 43.3 Å². The van der Waals surface area contributed by atoms with Gasteiger partial charge in [0.15, 0.2) is 0 Å². The van der Waals surface area contributed by atoms with Gasteiger partial charge >= 0.3 is 6.09 Å². The second-order valence-electron chi connectivity index (χ2n) is 5.57. The molecule has 0 unspecified atom stereocenters. The molecule has 1 amide bonds. The number of carbonyl (C=O) groups is 1. The van der Waals surface area contributed by atoms with Crippen molar-refractivity contribution in [1.82, 2.24) is 0 Å². The summed E-state index contributed by atoms with van der Waals surface area (Å²) in [5, 5.41) is 13.1. The molecule has 2 aromatic carbocycles. The average molecular weight is 400 g/mol. The van der Waals surface area contributed by atoms with Crippen LogP contribution in [0, 0.1) is 5.82 Å². The van der Waals surface area contributed by atoms with E-state index in [-0.39, 0.29) is 5.82 Å². The van der Waals surface area contributed by atoms with Gasteiger partial charge in [-0.3, -0.25) is 4.84 Å². The third-order valence-electron chi connectivity index (χ3n) is 3.73. The van der Waals surface area contributed by atoms with Crippen LogP contribution in [0.1, 0.15) is 18.1 Å². The van der Waals surface area contributed by atoms with E-state index in [4.69, 9.17) is 14.4 Å². The Labute approximate surface area is 167 Å². The smallest absolute Gasteiger partial charge is 0.438 e. The first kappa shape index (κ1) is 21.7. The lowest BCUT2D eigenvalue weighted by Gasteiger charge is -2.19. The van der Waals surface area contributed by atoms with Crippen molar-refractivity contribution >= 4 is 29.4 Å². The van der Waals surface area contributed by atoms with Crippen LogP contribution in [0.3, 0.4) is 0 Å². The number of hydrogen-bond donors (Lipinski definition) is 0. The van der Waals surface area contributed by atoms with E-state index < -0.39 is 6.09 Å². The summed E-state index contributed by atoms with van der Waals surface area (Å²) >= 11 is 0. The largest absolute Gasteiger partial charge is 0.451 e. The van der Waals surface area contributed by atoms with Crippen molar-refractivity contribution in [2.75, 3.05) is 26.4 Å². The Morgan fingerprint density at radius 3 is 2.38 bits per heavy atom. The van der Waals surface area contributed by atoms with E-state index in [0.29, 0.717) is 28.2 Å². The van der Waals surface area contributed by atoms with Crippen molar-refractivity contribution in [2.45, 2.75) is 6.92 Å². The predicted molar refractivity (Wildman–Crippen MR) is 109 cm³/mol. The first-order valence-corrected chi connectivity index (χ1v) is 8.48. The van der Waals surface area contributed by atoms with E-state index >= 15 is 0 Å². The lowest BCUT2D eigenvalue weighted by molar-refractivity contribution is 0.115. The van der Waals surface area contributed by atoms with Crippen LogP contribution in [0.25, 0.3) is 0 Å². The Balaban J connectivity index is 2.31. The van der Waals surface area contributed by atoms with Crippen LogP contribution < -0.4 is 5.06 Å². The molecule has 0 saturated carbocycles. The van der Waals surface area contributed by atoms with E-state index in [1.165, 1.54) is 39.7 Å². The van der Waals surface area contributed by atoms with Crippen LogP contribution >= 0.6 is 0 Å². The summed E-state index contributed by atoms with van der Waals surface area (Å²) in [5.74, 6) is -0.358. The minimum atomic E-state index is -0.682. The minimum Gasteiger partial charge on any atom is -0.451 e. The molecule has 0 aliphatic rings. The van der Waals surface area contributed by atoms with Gasteiger partial charge in [-0.15, -0.1) is 0 Å². The third-order valence-corrected chi connectivity index (χ3v) is 3.73. The van der Waals surface area contributed by atoms with Gasteiger partial charge < -0.3 is 9.57 Å². The highest BCUT2D eigenvalue weighted by Gasteiger charge is 2.18. The molecule has 2 aromatic rings. The quantitative estimate of drug-likeness (QED) is 0.523. The maximum absolute atomic E-state index is 13.2. The number of anilines is 1. The number of halogens is 1. The number of hydroxylamine groups is 1. The third kappa shape index (κ3) is 5.69. The van der Waals surface area contributed by atoms with Crippen LogP contribution in [-0.4, -0.2) is 45.1 Å². The zero-order valence-electron chi connectivity index (χ0n) is 16.5. The number of oxime groups is 1. The molecule has 0 bridgehead atoms. The summed E-state index contributed by atoms with van der Waals surface area (Å²) in [6, 6.07) is 12.7. The summed E-state index contributed by atoms with van der Waals surface area (Å²) in [7, 11) is 4.01. The first-order valence-electron chi connectivity index (χ1n) is 8.48. The Kier molecular flexibility index (Phi) is 7.99. The Bertz CT molecular complexity index is 926. The molecule has 0 aliphatic heterocycles. The summed E-state index contributed by atoms with van der Waals surface area (Å²) in [4.78, 5) is 21.8. The minimum absolute atomic E-state index is 0.358. The maximum atomic E-state index is 13.2. The SMILES string of the molecule is CO/N=C(/C(C)=N/N=C/c1ccccc1N(OC)C(=O)OC)c1ccc(F)cc1. The van der Waals surface area contributed by atoms with Gasteiger partial charge in [-0.2, -0.15) is 15.3 Å². The number of nitrogens with zero attached hydrogens (tertiary/aromatic N) is 4. The Morgan fingerprint density at radius 2 is 1.76 bits per heavy atom. The van der Waals surface area contributed by atoms with E-state index in [9.17, 15) is 9.18 Å². The van der Waals surface area contributed by atoms with E-state index in [2.05, 4.69) is 15.4 Å². The number of rotatable bonds is 7. The van der Waals surface area contributed by atoms with Crippen molar-refractivity contribution in [1.29, 1.82) is 0 Å². The molecule has 8 nitrogen and oxygen atoms in total. The first-order chi connectivity index (χ1) is 14.0. The van der Waals surface area contributed by atoms with Crippen molar-refractivity contribution in [3.05, 3.63) is 65.5 Å². The maximum Gasteiger partial charge on any atom is 0.438 e. The Morgan fingerprint density at radius 1 is 1.07 bits per heavy atom. The lowest BCUT2D eigenvalue weighted by Crippen LogP contribution is -2.30. The number of carbonyl (C=O) groups excluding carboxylic acids is 1. The predicted octanol–water partition coefficient (Wildman–Crippen LogP) is 3.81. The fraction of sp³-hybridized carbons (Fsp3) is 0.200. The number of para-hydroxylation sites is 1. The highest BCUT2D eigenvalue weighted by atomic mass is 19.1. The highest BCUT2D eigenvalue weighted by molar-refractivity contribution is 6.47. The van der Waals surface area contributed by atoms with Gasteiger partial charge in [0.25, 0.3) is 0 Å². The molecule has 0 saturated heterocycles. The molecule has 0 heterocycles. The van der Waals surface area contributed by atoms with Gasteiger partial charge in [-0.05, 0) is 37.3 Å². The van der Waals surface area contributed by atoms with Crippen LogP contribution in [0.4, 0.5) is 14.9 Å². The molecular weight excluding hydrogens is 379 g/mol. The van der Waals surface area contributed by atoms with Gasteiger partial charge in [-0.1, -0.05) is 23.4 Å². The molecule has 152 valence electrons. The number of benzene rings is 2. The second-order valence-corrected chi connectivity index (χ2v) is 5.57. The van der Waals surface area contributed by atoms with E-state index in [1.807, 2.05) is 0 Å². The molecule has 0 spiro atoms. The van der Waals surface area contributed by atoms with Crippen molar-refractivity contribution in [2.24, 2.45) is 15.4 Å². The molecule has 9 heteroatoms. The fourth-order valence-electron chi connectivity index (χ4n) is 2.39. The molecule has 0 N–H and O–H groups in total. The summed E-state index contributed by atoms with van der Waals surface area (Å²) in [5.41, 5.74) is 2.49. The summed E-state index contributed by atoms with van der Waals surface area (Å²) in [6.07, 6.45) is 0.780. The van der Waals surface area contributed by atoms with Gasteiger partial charge in [0, 0.05) is 11.1 Å². The number of ether oxygens (including phenoxy) is 1. The van der Waals surface area contributed by atoms with Crippen molar-refractivity contribution in [3.8, 4) is 0 Å². The summed E-state index contributed by atoms with van der Waals surface area (Å²) < 4.78 is 17.9. The number of amides is 1. The van der Waals surface area contributed by atoms with Crippen LogP contribution in [0.5, 0.6) is 0 Å². The van der Waals surface area contributed by atoms with Gasteiger partial charge in [0.05, 0.1) is 31.8 Å². The monoisotopic (exact) mass is 400 g/mol. The van der Waals surface area contributed by atoms with Gasteiger partial charge in [-0.25, -0.2) is 9.18 Å². The summed E-state index contributed by atoms with van der Waals surface area (Å²) in [6.45, 7) is 1.69. The molecular formula is C20H21FN4O4. The normalized spacial score (nSPS) is 12.2. The second kappa shape index (κ2) is 10.7. The van der Waals surface area contributed by atoms with Gasteiger partial charge in [0.1, 0.15) is 18.6 Å². The lowest BCUT2D eigenvalue weighted by atomic mass is 10.1. The topological polar surface area (TPSA) is 85.1 Å². The molecule has 29 heavy (non-hydrogen) atoms. The molecule has 0 aromatic heterocycles. The molecule has 0 atom stereocenters. The average Bonchev–Trinajstić information content (AvgIpc) is 2.74. The van der Waals surface area contributed by atoms with Gasteiger partial charge in [0.2, 0.25) is 0 Å². The Hall–Kier alpha value is -3.59. The van der Waals surface area contributed by atoms with Crippen LogP contribution in [0.15, 0.2) is 63.9 Å². The number of methoxy groups -OCH3 is 1. The zero-order chi connectivity index (χ0) is 21.2. The highest BCUT2D eigenvalue weighted by Crippen LogP contribution is 2.20. The fourth-order valence-corrected chi connectivity index (χ4v) is 2.39. The molecule has 0 fully saturated rings.